The lowest BCUT2D eigenvalue weighted by Gasteiger charge is -2.10. The summed E-state index contributed by atoms with van der Waals surface area (Å²) >= 11 is 0. The maximum atomic E-state index is 12.3. The van der Waals surface area contributed by atoms with Gasteiger partial charge in [-0.3, -0.25) is 4.79 Å². The molecule has 0 fully saturated rings. The quantitative estimate of drug-likeness (QED) is 0.575. The molecule has 0 aliphatic carbocycles. The van der Waals surface area contributed by atoms with Crippen molar-refractivity contribution in [2.24, 2.45) is 0 Å². The smallest absolute Gasteiger partial charge is 0.258 e. The highest BCUT2D eigenvalue weighted by atomic mass is 16.5. The Morgan fingerprint density at radius 1 is 1.25 bits per heavy atom. The minimum Gasteiger partial charge on any atom is -0.491 e. The van der Waals surface area contributed by atoms with E-state index in [0.29, 0.717) is 37.5 Å². The van der Waals surface area contributed by atoms with Crippen LogP contribution in [0.5, 0.6) is 5.75 Å². The van der Waals surface area contributed by atoms with Gasteiger partial charge in [0.05, 0.1) is 12.0 Å². The Bertz CT molecular complexity index is 646. The number of fused-ring (bicyclic) bond motifs is 1. The van der Waals surface area contributed by atoms with E-state index in [9.17, 15) is 4.79 Å². The molecule has 0 aliphatic heterocycles. The van der Waals surface area contributed by atoms with Gasteiger partial charge in [-0.15, -0.1) is 6.58 Å². The zero-order chi connectivity index (χ0) is 14.4. The Hall–Kier alpha value is -2.07. The summed E-state index contributed by atoms with van der Waals surface area (Å²) in [4.78, 5) is 12.3. The molecule has 0 spiro atoms. The summed E-state index contributed by atoms with van der Waals surface area (Å²) in [7, 11) is 0. The summed E-state index contributed by atoms with van der Waals surface area (Å²) < 4.78 is 12.5. The molecule has 0 N–H and O–H groups in total. The molecule has 0 radical (unpaired) electrons. The van der Waals surface area contributed by atoms with E-state index < -0.39 is 0 Å². The first kappa shape index (κ1) is 14.3. The Labute approximate surface area is 118 Å². The highest BCUT2D eigenvalue weighted by Crippen LogP contribution is 2.22. The molecule has 2 rings (SSSR count). The van der Waals surface area contributed by atoms with E-state index in [1.807, 2.05) is 31.2 Å². The summed E-state index contributed by atoms with van der Waals surface area (Å²) in [5.41, 5.74) is -0.0299. The van der Waals surface area contributed by atoms with Gasteiger partial charge in [0.15, 0.2) is 0 Å². The summed E-state index contributed by atoms with van der Waals surface area (Å²) in [5.74, 6) is 0.713. The molecule has 1 aromatic carbocycles. The van der Waals surface area contributed by atoms with Crippen LogP contribution in [0.1, 0.15) is 6.92 Å². The van der Waals surface area contributed by atoms with E-state index >= 15 is 0 Å². The maximum absolute atomic E-state index is 12.3. The molecule has 0 saturated carbocycles. The number of aromatic nitrogens is 1. The normalized spacial score (nSPS) is 10.7. The molecule has 0 unspecified atom stereocenters. The first-order chi connectivity index (χ1) is 9.77. The molecular weight excluding hydrogens is 254 g/mol. The molecule has 0 bridgehead atoms. The SMILES string of the molecule is C=CCn1ccc2c(OCCOCC)cccc2c1=O. The zero-order valence-electron chi connectivity index (χ0n) is 11.7. The van der Waals surface area contributed by atoms with Crippen molar-refractivity contribution in [3.8, 4) is 5.75 Å². The van der Waals surface area contributed by atoms with Crippen LogP contribution in [-0.2, 0) is 11.3 Å². The van der Waals surface area contributed by atoms with Crippen LogP contribution in [-0.4, -0.2) is 24.4 Å². The molecule has 4 nitrogen and oxygen atoms in total. The van der Waals surface area contributed by atoms with Crippen molar-refractivity contribution in [2.75, 3.05) is 19.8 Å². The number of rotatable bonds is 7. The molecule has 2 aromatic rings. The molecule has 1 aromatic heterocycles. The lowest BCUT2D eigenvalue weighted by molar-refractivity contribution is 0.111. The molecule has 0 amide bonds. The molecule has 0 atom stereocenters. The van der Waals surface area contributed by atoms with Crippen LogP contribution in [0.2, 0.25) is 0 Å². The third-order valence-electron chi connectivity index (χ3n) is 2.99. The summed E-state index contributed by atoms with van der Waals surface area (Å²) in [6.45, 7) is 7.79. The van der Waals surface area contributed by atoms with Gasteiger partial charge in [-0.1, -0.05) is 12.1 Å². The fourth-order valence-electron chi connectivity index (χ4n) is 2.05. The Balaban J connectivity index is 2.31. The van der Waals surface area contributed by atoms with Gasteiger partial charge in [-0.25, -0.2) is 0 Å². The van der Waals surface area contributed by atoms with Crippen molar-refractivity contribution in [3.63, 3.8) is 0 Å². The topological polar surface area (TPSA) is 40.5 Å². The average Bonchev–Trinajstić information content (AvgIpc) is 2.47. The molecule has 4 heteroatoms. The van der Waals surface area contributed by atoms with Crippen LogP contribution >= 0.6 is 0 Å². The van der Waals surface area contributed by atoms with Crippen LogP contribution in [0, 0.1) is 0 Å². The highest BCUT2D eigenvalue weighted by Gasteiger charge is 2.06. The highest BCUT2D eigenvalue weighted by molar-refractivity contribution is 5.87. The van der Waals surface area contributed by atoms with E-state index in [0.717, 1.165) is 5.39 Å². The summed E-state index contributed by atoms with van der Waals surface area (Å²) in [6, 6.07) is 7.41. The number of nitrogens with zero attached hydrogens (tertiary/aromatic N) is 1. The van der Waals surface area contributed by atoms with E-state index in [1.165, 1.54) is 0 Å². The van der Waals surface area contributed by atoms with Crippen LogP contribution < -0.4 is 10.3 Å². The third kappa shape index (κ3) is 3.08. The molecule has 0 saturated heterocycles. The van der Waals surface area contributed by atoms with Crippen LogP contribution in [0.25, 0.3) is 10.8 Å². The number of benzene rings is 1. The first-order valence-corrected chi connectivity index (χ1v) is 6.71. The van der Waals surface area contributed by atoms with Crippen LogP contribution in [0.4, 0.5) is 0 Å². The third-order valence-corrected chi connectivity index (χ3v) is 2.99. The Kier molecular flexibility index (Phi) is 4.96. The van der Waals surface area contributed by atoms with E-state index in [-0.39, 0.29) is 5.56 Å². The van der Waals surface area contributed by atoms with Gasteiger partial charge in [-0.05, 0) is 25.1 Å². The van der Waals surface area contributed by atoms with Crippen LogP contribution in [0.15, 0.2) is 47.9 Å². The van der Waals surface area contributed by atoms with E-state index in [2.05, 4.69) is 6.58 Å². The summed E-state index contributed by atoms with van der Waals surface area (Å²) in [6.07, 6.45) is 3.47. The largest absolute Gasteiger partial charge is 0.491 e. The van der Waals surface area contributed by atoms with Gasteiger partial charge >= 0.3 is 0 Å². The second-order valence-corrected chi connectivity index (χ2v) is 4.32. The molecule has 106 valence electrons. The Morgan fingerprint density at radius 3 is 2.85 bits per heavy atom. The predicted molar refractivity (Wildman–Crippen MR) is 80.4 cm³/mol. The van der Waals surface area contributed by atoms with Crippen molar-refractivity contribution in [2.45, 2.75) is 13.5 Å². The number of ether oxygens (including phenoxy) is 2. The predicted octanol–water partition coefficient (Wildman–Crippen LogP) is 2.60. The van der Waals surface area contributed by atoms with Crippen molar-refractivity contribution in [3.05, 3.63) is 53.5 Å². The zero-order valence-corrected chi connectivity index (χ0v) is 11.7. The van der Waals surface area contributed by atoms with Crippen molar-refractivity contribution in [1.82, 2.24) is 4.57 Å². The second-order valence-electron chi connectivity index (χ2n) is 4.32. The fourth-order valence-corrected chi connectivity index (χ4v) is 2.05. The molecule has 1 heterocycles. The minimum absolute atomic E-state index is 0.0299. The van der Waals surface area contributed by atoms with Gasteiger partial charge in [0.2, 0.25) is 0 Å². The van der Waals surface area contributed by atoms with Gasteiger partial charge in [0.25, 0.3) is 5.56 Å². The monoisotopic (exact) mass is 273 g/mol. The number of allylic oxidation sites excluding steroid dienone is 1. The van der Waals surface area contributed by atoms with Gasteiger partial charge in [0.1, 0.15) is 12.4 Å². The van der Waals surface area contributed by atoms with Crippen molar-refractivity contribution >= 4 is 10.8 Å². The van der Waals surface area contributed by atoms with Gasteiger partial charge in [-0.2, -0.15) is 0 Å². The summed E-state index contributed by atoms with van der Waals surface area (Å²) in [5, 5.41) is 1.48. The first-order valence-electron chi connectivity index (χ1n) is 6.71. The van der Waals surface area contributed by atoms with E-state index in [4.69, 9.17) is 9.47 Å². The van der Waals surface area contributed by atoms with E-state index in [1.54, 1.807) is 16.8 Å². The van der Waals surface area contributed by atoms with Crippen molar-refractivity contribution < 1.29 is 9.47 Å². The van der Waals surface area contributed by atoms with Gasteiger partial charge < -0.3 is 14.0 Å². The minimum atomic E-state index is -0.0299. The maximum Gasteiger partial charge on any atom is 0.258 e. The molecule has 20 heavy (non-hydrogen) atoms. The number of hydrogen-bond donors (Lipinski definition) is 0. The molecular formula is C16H19NO3. The lowest BCUT2D eigenvalue weighted by Crippen LogP contribution is -2.18. The van der Waals surface area contributed by atoms with Gasteiger partial charge in [0, 0.05) is 24.7 Å². The number of hydrogen-bond acceptors (Lipinski definition) is 3. The standard InChI is InChI=1S/C16H19NO3/c1-3-9-17-10-8-13-14(16(17)18)6-5-7-15(13)20-12-11-19-4-2/h3,5-8,10H,1,4,9,11-12H2,2H3. The lowest BCUT2D eigenvalue weighted by atomic mass is 10.1. The average molecular weight is 273 g/mol. The van der Waals surface area contributed by atoms with Crippen LogP contribution in [0.3, 0.4) is 0 Å². The van der Waals surface area contributed by atoms with Crippen molar-refractivity contribution in [1.29, 1.82) is 0 Å². The Morgan fingerprint density at radius 2 is 2.10 bits per heavy atom. The molecule has 0 aliphatic rings. The second kappa shape index (κ2) is 6.91. The number of pyridine rings is 1. The fraction of sp³-hybridized carbons (Fsp3) is 0.312.